The van der Waals surface area contributed by atoms with Crippen molar-refractivity contribution in [2.75, 3.05) is 18.9 Å². The first-order chi connectivity index (χ1) is 16.0. The molecule has 1 fully saturated rings. The highest BCUT2D eigenvalue weighted by atomic mass is 19.1. The molecule has 0 spiro atoms. The molecule has 2 aromatic carbocycles. The van der Waals surface area contributed by atoms with Crippen LogP contribution < -0.4 is 5.73 Å². The van der Waals surface area contributed by atoms with Crippen LogP contribution in [0.4, 0.5) is 10.1 Å². The lowest BCUT2D eigenvalue weighted by molar-refractivity contribution is -0.128. The van der Waals surface area contributed by atoms with Gasteiger partial charge < -0.3 is 19.8 Å². The summed E-state index contributed by atoms with van der Waals surface area (Å²) in [6.07, 6.45) is 5.07. The molecule has 7 nitrogen and oxygen atoms in total. The van der Waals surface area contributed by atoms with E-state index < -0.39 is 6.23 Å². The molecule has 3 heterocycles. The molecule has 1 atom stereocenters. The number of furan rings is 1. The van der Waals surface area contributed by atoms with Gasteiger partial charge in [0.1, 0.15) is 18.1 Å². The number of hydrogen-bond donors (Lipinski definition) is 1. The first-order valence-corrected chi connectivity index (χ1v) is 10.6. The molecule has 8 heteroatoms. The van der Waals surface area contributed by atoms with E-state index in [0.717, 1.165) is 16.7 Å². The van der Waals surface area contributed by atoms with Gasteiger partial charge in [0.05, 0.1) is 18.2 Å². The second-order valence-electron chi connectivity index (χ2n) is 8.07. The van der Waals surface area contributed by atoms with E-state index in [0.29, 0.717) is 35.6 Å². The molecule has 0 saturated carbocycles. The number of carbonyl (C=O) groups excluding carboxylic acids is 1. The van der Waals surface area contributed by atoms with E-state index >= 15 is 0 Å². The summed E-state index contributed by atoms with van der Waals surface area (Å²) in [6, 6.07) is 14.2. The third-order valence-electron chi connectivity index (χ3n) is 5.80. The smallest absolute Gasteiger partial charge is 0.250 e. The van der Waals surface area contributed by atoms with E-state index in [2.05, 4.69) is 0 Å². The number of anilines is 1. The Kier molecular flexibility index (Phi) is 5.43. The SMILES string of the molecule is Cc1cc(-n2cc(C3OCC(=O)N3CCc3ccc(N)cc3)c(-c3ccoc3)n2)ccc1F. The lowest BCUT2D eigenvalue weighted by Crippen LogP contribution is -2.30. The van der Waals surface area contributed by atoms with Crippen LogP contribution in [0.5, 0.6) is 0 Å². The summed E-state index contributed by atoms with van der Waals surface area (Å²) in [4.78, 5) is 14.4. The van der Waals surface area contributed by atoms with Crippen molar-refractivity contribution >= 4 is 11.6 Å². The highest BCUT2D eigenvalue weighted by Gasteiger charge is 2.36. The zero-order valence-electron chi connectivity index (χ0n) is 18.1. The predicted molar refractivity (Wildman–Crippen MR) is 121 cm³/mol. The van der Waals surface area contributed by atoms with Crippen molar-refractivity contribution in [1.82, 2.24) is 14.7 Å². The molecule has 168 valence electrons. The fourth-order valence-corrected chi connectivity index (χ4v) is 3.98. The quantitative estimate of drug-likeness (QED) is 0.447. The highest BCUT2D eigenvalue weighted by Crippen LogP contribution is 2.35. The molecule has 1 aliphatic heterocycles. The van der Waals surface area contributed by atoms with Crippen LogP contribution in [0.25, 0.3) is 16.9 Å². The second-order valence-corrected chi connectivity index (χ2v) is 8.07. The molecule has 2 N–H and O–H groups in total. The van der Waals surface area contributed by atoms with Crippen molar-refractivity contribution in [1.29, 1.82) is 0 Å². The molecule has 1 amide bonds. The number of carbonyl (C=O) groups is 1. The Bertz CT molecular complexity index is 1280. The summed E-state index contributed by atoms with van der Waals surface area (Å²) < 4.78 is 26.7. The molecule has 1 aliphatic rings. The van der Waals surface area contributed by atoms with Crippen LogP contribution in [0.2, 0.25) is 0 Å². The van der Waals surface area contributed by atoms with Gasteiger partial charge in [0.15, 0.2) is 6.23 Å². The van der Waals surface area contributed by atoms with Gasteiger partial charge in [-0.2, -0.15) is 5.10 Å². The fraction of sp³-hybridized carbons (Fsp3) is 0.200. The molecule has 0 radical (unpaired) electrons. The molecular weight excluding hydrogens is 423 g/mol. The van der Waals surface area contributed by atoms with Crippen molar-refractivity contribution in [3.63, 3.8) is 0 Å². The molecule has 1 saturated heterocycles. The van der Waals surface area contributed by atoms with Crippen molar-refractivity contribution in [3.8, 4) is 16.9 Å². The van der Waals surface area contributed by atoms with Gasteiger partial charge in [0.2, 0.25) is 0 Å². The number of ether oxygens (including phenoxy) is 1. The maximum Gasteiger partial charge on any atom is 0.250 e. The van der Waals surface area contributed by atoms with Crippen LogP contribution in [0.1, 0.15) is 22.9 Å². The fourth-order valence-electron chi connectivity index (χ4n) is 3.98. The van der Waals surface area contributed by atoms with Crippen LogP contribution in [-0.4, -0.2) is 33.7 Å². The minimum atomic E-state index is -0.591. The maximum atomic E-state index is 13.8. The summed E-state index contributed by atoms with van der Waals surface area (Å²) in [7, 11) is 0. The van der Waals surface area contributed by atoms with Gasteiger partial charge in [-0.3, -0.25) is 4.79 Å². The Morgan fingerprint density at radius 3 is 2.73 bits per heavy atom. The number of aromatic nitrogens is 2. The minimum Gasteiger partial charge on any atom is -0.472 e. The van der Waals surface area contributed by atoms with Crippen molar-refractivity contribution in [3.05, 3.63) is 89.8 Å². The molecule has 33 heavy (non-hydrogen) atoms. The highest BCUT2D eigenvalue weighted by molar-refractivity contribution is 5.80. The van der Waals surface area contributed by atoms with Crippen LogP contribution in [-0.2, 0) is 16.0 Å². The standard InChI is InChI=1S/C25H23FN4O3/c1-16-12-20(6-7-22(16)26)30-13-21(24(28-30)18-9-11-32-14-18)25-29(23(31)15-33-25)10-8-17-2-4-19(27)5-3-17/h2-7,9,11-14,25H,8,10,15,27H2,1H3. The molecule has 5 rings (SSSR count). The maximum absolute atomic E-state index is 13.8. The number of hydrogen-bond acceptors (Lipinski definition) is 5. The van der Waals surface area contributed by atoms with Crippen LogP contribution >= 0.6 is 0 Å². The number of amides is 1. The van der Waals surface area contributed by atoms with Crippen LogP contribution in [0.15, 0.2) is 71.7 Å². The van der Waals surface area contributed by atoms with Gasteiger partial charge in [-0.05, 0) is 60.9 Å². The first-order valence-electron chi connectivity index (χ1n) is 10.6. The Balaban J connectivity index is 1.49. The predicted octanol–water partition coefficient (Wildman–Crippen LogP) is 4.26. The Hall–Kier alpha value is -3.91. The van der Waals surface area contributed by atoms with Gasteiger partial charge in [-0.15, -0.1) is 0 Å². The number of nitrogen functional groups attached to an aromatic ring is 1. The normalized spacial score (nSPS) is 16.0. The zero-order valence-corrected chi connectivity index (χ0v) is 18.1. The number of benzene rings is 2. The topological polar surface area (TPSA) is 86.5 Å². The second kappa shape index (κ2) is 8.55. The van der Waals surface area contributed by atoms with Gasteiger partial charge in [-0.25, -0.2) is 9.07 Å². The van der Waals surface area contributed by atoms with E-state index in [-0.39, 0.29) is 18.3 Å². The summed E-state index contributed by atoms with van der Waals surface area (Å²) in [5.74, 6) is -0.362. The van der Waals surface area contributed by atoms with Crippen molar-refractivity contribution in [2.24, 2.45) is 0 Å². The average Bonchev–Trinajstić information content (AvgIpc) is 3.55. The summed E-state index contributed by atoms with van der Waals surface area (Å²) in [5.41, 5.74) is 10.9. The van der Waals surface area contributed by atoms with E-state index in [1.807, 2.05) is 36.5 Å². The Morgan fingerprint density at radius 1 is 1.18 bits per heavy atom. The Labute approximate surface area is 190 Å². The molecule has 4 aromatic rings. The van der Waals surface area contributed by atoms with E-state index in [1.165, 1.54) is 6.07 Å². The van der Waals surface area contributed by atoms with Crippen LogP contribution in [0.3, 0.4) is 0 Å². The van der Waals surface area contributed by atoms with Gasteiger partial charge in [0.25, 0.3) is 5.91 Å². The van der Waals surface area contributed by atoms with E-state index in [4.69, 9.17) is 20.0 Å². The minimum absolute atomic E-state index is 0.00192. The van der Waals surface area contributed by atoms with E-state index in [1.54, 1.807) is 41.2 Å². The largest absolute Gasteiger partial charge is 0.472 e. The molecule has 2 aromatic heterocycles. The number of aryl methyl sites for hydroxylation is 1. The summed E-state index contributed by atoms with van der Waals surface area (Å²) in [6.45, 7) is 2.19. The van der Waals surface area contributed by atoms with Crippen molar-refractivity contribution in [2.45, 2.75) is 19.6 Å². The number of rotatable bonds is 6. The monoisotopic (exact) mass is 446 g/mol. The lowest BCUT2D eigenvalue weighted by Gasteiger charge is -2.23. The number of halogens is 1. The molecule has 0 aliphatic carbocycles. The third kappa shape index (κ3) is 4.12. The molecular formula is C25H23FN4O3. The zero-order chi connectivity index (χ0) is 22.9. The van der Waals surface area contributed by atoms with Gasteiger partial charge in [0, 0.05) is 29.6 Å². The van der Waals surface area contributed by atoms with Crippen molar-refractivity contribution < 1.29 is 18.3 Å². The van der Waals surface area contributed by atoms with Gasteiger partial charge in [-0.1, -0.05) is 12.1 Å². The first kappa shape index (κ1) is 21.0. The molecule has 1 unspecified atom stereocenters. The molecule has 0 bridgehead atoms. The Morgan fingerprint density at radius 2 is 2.00 bits per heavy atom. The summed E-state index contributed by atoms with van der Waals surface area (Å²) >= 11 is 0. The van der Waals surface area contributed by atoms with E-state index in [9.17, 15) is 9.18 Å². The van der Waals surface area contributed by atoms with Crippen LogP contribution in [0, 0.1) is 12.7 Å². The lowest BCUT2D eigenvalue weighted by atomic mass is 10.1. The third-order valence-corrected chi connectivity index (χ3v) is 5.80. The summed E-state index contributed by atoms with van der Waals surface area (Å²) in [5, 5.41) is 4.73. The average molecular weight is 446 g/mol. The van der Waals surface area contributed by atoms with Gasteiger partial charge >= 0.3 is 0 Å². The number of nitrogens with two attached hydrogens (primary N) is 1. The number of nitrogens with zero attached hydrogens (tertiary/aromatic N) is 3.